The predicted molar refractivity (Wildman–Crippen MR) is 70.3 cm³/mol. The topological polar surface area (TPSA) is 24.1 Å². The lowest BCUT2D eigenvalue weighted by Crippen LogP contribution is -2.28. The minimum absolute atomic E-state index is 0.628. The van der Waals surface area contributed by atoms with Gasteiger partial charge in [-0.25, -0.2) is 0 Å². The van der Waals surface area contributed by atoms with Gasteiger partial charge in [-0.15, -0.1) is 6.58 Å². The van der Waals surface area contributed by atoms with Crippen molar-refractivity contribution in [2.75, 3.05) is 11.9 Å². The molecule has 0 aliphatic carbocycles. The van der Waals surface area contributed by atoms with E-state index in [1.807, 2.05) is 0 Å². The number of rotatable bonds is 3. The summed E-state index contributed by atoms with van der Waals surface area (Å²) in [5, 5.41) is 6.82. The number of benzene rings is 1. The Labute approximate surface area is 96.4 Å². The van der Waals surface area contributed by atoms with Gasteiger partial charge in [-0.3, -0.25) is 0 Å². The van der Waals surface area contributed by atoms with E-state index in [1.54, 1.807) is 6.08 Å². The first-order valence-corrected chi connectivity index (χ1v) is 5.27. The molecular weight excluding hydrogens is 204 g/mol. The van der Waals surface area contributed by atoms with Gasteiger partial charge >= 0.3 is 0 Å². The fraction of sp³-hybridized carbons (Fsp3) is 0.250. The third-order valence-corrected chi connectivity index (χ3v) is 2.29. The van der Waals surface area contributed by atoms with Crippen molar-refractivity contribution in [1.82, 2.24) is 5.32 Å². The van der Waals surface area contributed by atoms with Crippen LogP contribution in [0.3, 0.4) is 0 Å². The molecule has 1 aromatic carbocycles. The number of anilines is 1. The van der Waals surface area contributed by atoms with Gasteiger partial charge < -0.3 is 10.6 Å². The predicted octanol–water partition coefficient (Wildman–Crippen LogP) is 2.78. The Morgan fingerprint density at radius 1 is 1.47 bits per heavy atom. The van der Waals surface area contributed by atoms with Gasteiger partial charge in [-0.05, 0) is 43.3 Å². The monoisotopic (exact) mass is 220 g/mol. The van der Waals surface area contributed by atoms with Crippen molar-refractivity contribution in [3.05, 3.63) is 42.0 Å². The van der Waals surface area contributed by atoms with E-state index >= 15 is 0 Å². The molecule has 15 heavy (non-hydrogen) atoms. The molecule has 80 valence electrons. The first kappa shape index (κ1) is 11.7. The average molecular weight is 220 g/mol. The molecule has 2 nitrogen and oxygen atoms in total. The summed E-state index contributed by atoms with van der Waals surface area (Å²) in [7, 11) is 0. The van der Waals surface area contributed by atoms with Crippen LogP contribution in [0.15, 0.2) is 30.9 Å². The van der Waals surface area contributed by atoms with Gasteiger partial charge in [-0.2, -0.15) is 0 Å². The van der Waals surface area contributed by atoms with E-state index in [0.29, 0.717) is 11.7 Å². The lowest BCUT2D eigenvalue weighted by Gasteiger charge is -2.11. The normalized spacial score (nSPS) is 9.47. The van der Waals surface area contributed by atoms with Gasteiger partial charge in [0.15, 0.2) is 5.11 Å². The maximum absolute atomic E-state index is 5.13. The summed E-state index contributed by atoms with van der Waals surface area (Å²) < 4.78 is 0. The average Bonchev–Trinajstić information content (AvgIpc) is 2.20. The van der Waals surface area contributed by atoms with Crippen molar-refractivity contribution < 1.29 is 0 Å². The molecule has 2 N–H and O–H groups in total. The van der Waals surface area contributed by atoms with E-state index in [2.05, 4.69) is 49.3 Å². The van der Waals surface area contributed by atoms with E-state index in [0.717, 1.165) is 5.69 Å². The molecule has 3 heteroatoms. The zero-order valence-corrected chi connectivity index (χ0v) is 9.95. The maximum atomic E-state index is 5.13. The van der Waals surface area contributed by atoms with Crippen molar-refractivity contribution in [3.63, 3.8) is 0 Å². The third-order valence-electron chi connectivity index (χ3n) is 2.05. The number of thiocarbonyl (C=S) groups is 1. The Balaban J connectivity index is 2.67. The molecule has 0 bridgehead atoms. The summed E-state index contributed by atoms with van der Waals surface area (Å²) in [6.45, 7) is 8.41. The van der Waals surface area contributed by atoms with Crippen molar-refractivity contribution in [2.45, 2.75) is 13.8 Å². The zero-order valence-electron chi connectivity index (χ0n) is 9.13. The summed E-state index contributed by atoms with van der Waals surface area (Å²) in [5.74, 6) is 0. The van der Waals surface area contributed by atoms with Crippen molar-refractivity contribution >= 4 is 23.0 Å². The summed E-state index contributed by atoms with van der Waals surface area (Å²) >= 11 is 5.13. The molecular formula is C12H16N2S. The van der Waals surface area contributed by atoms with Gasteiger partial charge in [-0.1, -0.05) is 18.2 Å². The van der Waals surface area contributed by atoms with Gasteiger partial charge in [0.05, 0.1) is 0 Å². The summed E-state index contributed by atoms with van der Waals surface area (Å²) in [5.41, 5.74) is 3.45. The van der Waals surface area contributed by atoms with E-state index < -0.39 is 0 Å². The van der Waals surface area contributed by atoms with Crippen LogP contribution in [0.25, 0.3) is 0 Å². The van der Waals surface area contributed by atoms with Gasteiger partial charge in [0.25, 0.3) is 0 Å². The Kier molecular flexibility index (Phi) is 4.31. The van der Waals surface area contributed by atoms with Gasteiger partial charge in [0, 0.05) is 12.2 Å². The highest BCUT2D eigenvalue weighted by Crippen LogP contribution is 2.15. The number of nitrogens with one attached hydrogen (secondary N) is 2. The van der Waals surface area contributed by atoms with Crippen LogP contribution in [0.1, 0.15) is 11.1 Å². The quantitative estimate of drug-likeness (QED) is 0.605. The molecule has 0 fully saturated rings. The molecule has 0 unspecified atom stereocenters. The van der Waals surface area contributed by atoms with Crippen LogP contribution in [0.4, 0.5) is 5.69 Å². The minimum Gasteiger partial charge on any atom is -0.359 e. The molecule has 0 aliphatic rings. The third kappa shape index (κ3) is 3.72. The number of aryl methyl sites for hydroxylation is 2. The maximum Gasteiger partial charge on any atom is 0.171 e. The lowest BCUT2D eigenvalue weighted by atomic mass is 10.1. The Bertz CT molecular complexity index is 372. The fourth-order valence-corrected chi connectivity index (χ4v) is 1.40. The van der Waals surface area contributed by atoms with Crippen LogP contribution < -0.4 is 10.6 Å². The second kappa shape index (κ2) is 5.51. The second-order valence-electron chi connectivity index (χ2n) is 3.44. The van der Waals surface area contributed by atoms with Crippen LogP contribution in [-0.4, -0.2) is 11.7 Å². The molecule has 1 aromatic rings. The molecule has 0 saturated heterocycles. The molecule has 0 heterocycles. The Hall–Kier alpha value is -1.35. The van der Waals surface area contributed by atoms with Crippen LogP contribution in [0.2, 0.25) is 0 Å². The Morgan fingerprint density at radius 2 is 2.20 bits per heavy atom. The Morgan fingerprint density at radius 3 is 2.87 bits per heavy atom. The highest BCUT2D eigenvalue weighted by atomic mass is 32.1. The van der Waals surface area contributed by atoms with Crippen LogP contribution in [0.5, 0.6) is 0 Å². The first-order chi connectivity index (χ1) is 7.13. The molecule has 0 aliphatic heterocycles. The number of hydrogen-bond acceptors (Lipinski definition) is 1. The second-order valence-corrected chi connectivity index (χ2v) is 3.85. The molecule has 0 aromatic heterocycles. The molecule has 0 spiro atoms. The van der Waals surface area contributed by atoms with Crippen molar-refractivity contribution in [3.8, 4) is 0 Å². The SMILES string of the molecule is C=CCNC(=S)Nc1cc(C)ccc1C. The standard InChI is InChI=1S/C12H16N2S/c1-4-7-13-12(15)14-11-8-9(2)5-6-10(11)3/h4-6,8H,1,7H2,2-3H3,(H2,13,14,15). The van der Waals surface area contributed by atoms with Gasteiger partial charge in [0.1, 0.15) is 0 Å². The minimum atomic E-state index is 0.628. The summed E-state index contributed by atoms with van der Waals surface area (Å²) in [4.78, 5) is 0. The lowest BCUT2D eigenvalue weighted by molar-refractivity contribution is 1.06. The van der Waals surface area contributed by atoms with E-state index in [-0.39, 0.29) is 0 Å². The highest BCUT2D eigenvalue weighted by molar-refractivity contribution is 7.80. The molecule has 0 radical (unpaired) electrons. The van der Waals surface area contributed by atoms with E-state index in [1.165, 1.54) is 11.1 Å². The molecule has 0 atom stereocenters. The van der Waals surface area contributed by atoms with E-state index in [9.17, 15) is 0 Å². The van der Waals surface area contributed by atoms with Crippen molar-refractivity contribution in [1.29, 1.82) is 0 Å². The highest BCUT2D eigenvalue weighted by Gasteiger charge is 2.00. The van der Waals surface area contributed by atoms with Crippen LogP contribution in [-0.2, 0) is 0 Å². The smallest absolute Gasteiger partial charge is 0.171 e. The van der Waals surface area contributed by atoms with Crippen LogP contribution in [0, 0.1) is 13.8 Å². The van der Waals surface area contributed by atoms with E-state index in [4.69, 9.17) is 12.2 Å². The number of hydrogen-bond donors (Lipinski definition) is 2. The fourth-order valence-electron chi connectivity index (χ4n) is 1.20. The molecule has 1 rings (SSSR count). The summed E-state index contributed by atoms with van der Waals surface area (Å²) in [6, 6.07) is 6.24. The first-order valence-electron chi connectivity index (χ1n) is 4.86. The molecule has 0 amide bonds. The van der Waals surface area contributed by atoms with Crippen molar-refractivity contribution in [2.24, 2.45) is 0 Å². The summed E-state index contributed by atoms with van der Waals surface area (Å²) in [6.07, 6.45) is 1.77. The van der Waals surface area contributed by atoms with Gasteiger partial charge in [0.2, 0.25) is 0 Å². The molecule has 0 saturated carbocycles. The zero-order chi connectivity index (χ0) is 11.3. The van der Waals surface area contributed by atoms with Crippen LogP contribution >= 0.6 is 12.2 Å². The largest absolute Gasteiger partial charge is 0.359 e.